The average Bonchev–Trinajstić information content (AvgIpc) is 2.99. The van der Waals surface area contributed by atoms with E-state index >= 15 is 0 Å². The highest BCUT2D eigenvalue weighted by Crippen LogP contribution is 2.23. The highest BCUT2D eigenvalue weighted by Gasteiger charge is 2.22. The van der Waals surface area contributed by atoms with Gasteiger partial charge in [-0.1, -0.05) is 12.1 Å². The molecule has 2 amide bonds. The van der Waals surface area contributed by atoms with E-state index in [1.807, 2.05) is 6.92 Å². The van der Waals surface area contributed by atoms with E-state index in [1.54, 1.807) is 43.4 Å². The fraction of sp³-hybridized carbons (Fsp3) is 0.250. The van der Waals surface area contributed by atoms with Gasteiger partial charge in [0.25, 0.3) is 11.8 Å². The van der Waals surface area contributed by atoms with E-state index in [-0.39, 0.29) is 36.0 Å². The van der Waals surface area contributed by atoms with E-state index in [4.69, 9.17) is 10.2 Å². The third-order valence-corrected chi connectivity index (χ3v) is 3.76. The van der Waals surface area contributed by atoms with Crippen molar-refractivity contribution in [1.82, 2.24) is 5.32 Å². The van der Waals surface area contributed by atoms with Crippen molar-refractivity contribution < 1.29 is 14.0 Å². The van der Waals surface area contributed by atoms with Crippen LogP contribution in [0.4, 0.5) is 5.69 Å². The highest BCUT2D eigenvalue weighted by molar-refractivity contribution is 9.10. The van der Waals surface area contributed by atoms with E-state index < -0.39 is 0 Å². The standard InChI is InChI=1S/C16H18BrN3O3.ClH/c1-10(9-18)19-15(21)11-5-3-4-6-12(11)20(2)16(22)13-7-8-14(17)23-13;/h3-8,10H,9,18H2,1-2H3,(H,19,21);1H/t10-;/m0./s1. The van der Waals surface area contributed by atoms with Crippen LogP contribution in [0, 0.1) is 0 Å². The van der Waals surface area contributed by atoms with Crippen molar-refractivity contribution in [1.29, 1.82) is 0 Å². The lowest BCUT2D eigenvalue weighted by molar-refractivity contribution is 0.0941. The molecule has 0 aliphatic carbocycles. The first-order valence-electron chi connectivity index (χ1n) is 7.07. The minimum Gasteiger partial charge on any atom is -0.444 e. The number of nitrogens with two attached hydrogens (primary N) is 1. The van der Waals surface area contributed by atoms with E-state index in [0.29, 0.717) is 22.5 Å². The normalized spacial score (nSPS) is 11.3. The Hall–Kier alpha value is -1.83. The molecular weight excluding hydrogens is 398 g/mol. The van der Waals surface area contributed by atoms with Crippen molar-refractivity contribution in [3.8, 4) is 0 Å². The summed E-state index contributed by atoms with van der Waals surface area (Å²) < 4.78 is 5.75. The van der Waals surface area contributed by atoms with Crippen LogP contribution in [0.3, 0.4) is 0 Å². The lowest BCUT2D eigenvalue weighted by Gasteiger charge is -2.20. The molecule has 1 aromatic heterocycles. The van der Waals surface area contributed by atoms with Crippen LogP contribution in [-0.2, 0) is 0 Å². The molecule has 0 aliphatic rings. The second-order valence-corrected chi connectivity index (χ2v) is 5.88. The first-order valence-corrected chi connectivity index (χ1v) is 7.86. The van der Waals surface area contributed by atoms with Crippen molar-refractivity contribution in [2.24, 2.45) is 5.73 Å². The Kier molecular flexibility index (Phi) is 7.47. The Morgan fingerprint density at radius 2 is 1.96 bits per heavy atom. The molecule has 0 radical (unpaired) electrons. The molecule has 0 bridgehead atoms. The Bertz CT molecular complexity index is 720. The Balaban J connectivity index is 0.00000288. The summed E-state index contributed by atoms with van der Waals surface area (Å²) in [7, 11) is 1.59. The van der Waals surface area contributed by atoms with Crippen LogP contribution in [0.5, 0.6) is 0 Å². The summed E-state index contributed by atoms with van der Waals surface area (Å²) in [6.45, 7) is 2.15. The molecule has 0 spiro atoms. The lowest BCUT2D eigenvalue weighted by atomic mass is 10.1. The van der Waals surface area contributed by atoms with Crippen LogP contribution in [0.15, 0.2) is 45.5 Å². The van der Waals surface area contributed by atoms with Crippen molar-refractivity contribution in [2.75, 3.05) is 18.5 Å². The van der Waals surface area contributed by atoms with Crippen LogP contribution in [0.2, 0.25) is 0 Å². The third kappa shape index (κ3) is 4.59. The van der Waals surface area contributed by atoms with Gasteiger partial charge in [0.2, 0.25) is 0 Å². The smallest absolute Gasteiger partial charge is 0.293 e. The summed E-state index contributed by atoms with van der Waals surface area (Å²) in [6, 6.07) is 9.93. The molecule has 0 fully saturated rings. The third-order valence-electron chi connectivity index (χ3n) is 3.33. The zero-order valence-corrected chi connectivity index (χ0v) is 15.7. The van der Waals surface area contributed by atoms with Crippen molar-refractivity contribution in [2.45, 2.75) is 13.0 Å². The van der Waals surface area contributed by atoms with Crippen LogP contribution >= 0.6 is 28.3 Å². The number of halogens is 2. The molecule has 0 saturated carbocycles. The van der Waals surface area contributed by atoms with Gasteiger partial charge in [-0.25, -0.2) is 0 Å². The van der Waals surface area contributed by atoms with Gasteiger partial charge >= 0.3 is 0 Å². The second-order valence-electron chi connectivity index (χ2n) is 5.10. The number of anilines is 1. The highest BCUT2D eigenvalue weighted by atomic mass is 79.9. The van der Waals surface area contributed by atoms with E-state index in [0.717, 1.165) is 0 Å². The predicted octanol–water partition coefficient (Wildman–Crippen LogP) is 2.82. The SMILES string of the molecule is C[C@@H](CN)NC(=O)c1ccccc1N(C)C(=O)c1ccc(Br)o1.Cl. The van der Waals surface area contributed by atoms with Crippen LogP contribution in [0.1, 0.15) is 27.8 Å². The maximum atomic E-state index is 12.5. The number of rotatable bonds is 5. The lowest BCUT2D eigenvalue weighted by Crippen LogP contribution is -2.38. The molecular formula is C16H19BrClN3O3. The minimum atomic E-state index is -0.345. The topological polar surface area (TPSA) is 88.6 Å². The first kappa shape index (κ1) is 20.2. The van der Waals surface area contributed by atoms with Crippen molar-refractivity contribution >= 4 is 45.8 Å². The fourth-order valence-corrected chi connectivity index (χ4v) is 2.33. The van der Waals surface area contributed by atoms with Gasteiger partial charge in [0.15, 0.2) is 10.4 Å². The van der Waals surface area contributed by atoms with E-state index in [1.165, 1.54) is 4.90 Å². The number of carbonyl (C=O) groups is 2. The quantitative estimate of drug-likeness (QED) is 0.784. The number of nitrogens with one attached hydrogen (secondary N) is 1. The van der Waals surface area contributed by atoms with Crippen molar-refractivity contribution in [3.63, 3.8) is 0 Å². The molecule has 1 atom stereocenters. The number of hydrogen-bond donors (Lipinski definition) is 2. The largest absolute Gasteiger partial charge is 0.444 e. The van der Waals surface area contributed by atoms with Gasteiger partial charge < -0.3 is 20.4 Å². The molecule has 1 heterocycles. The van der Waals surface area contributed by atoms with Crippen LogP contribution in [0.25, 0.3) is 0 Å². The monoisotopic (exact) mass is 415 g/mol. The first-order chi connectivity index (χ1) is 10.9. The molecule has 2 rings (SSSR count). The Morgan fingerprint density at radius 3 is 2.54 bits per heavy atom. The molecule has 130 valence electrons. The molecule has 0 saturated heterocycles. The van der Waals surface area contributed by atoms with Gasteiger partial charge in [-0.2, -0.15) is 0 Å². The number of nitrogens with zero attached hydrogens (tertiary/aromatic N) is 1. The van der Waals surface area contributed by atoms with Crippen LogP contribution < -0.4 is 16.0 Å². The number of furan rings is 1. The molecule has 1 aromatic carbocycles. The number of para-hydroxylation sites is 1. The average molecular weight is 417 g/mol. The number of carbonyl (C=O) groups excluding carboxylic acids is 2. The van der Waals surface area contributed by atoms with Crippen LogP contribution in [-0.4, -0.2) is 31.4 Å². The van der Waals surface area contributed by atoms with Gasteiger partial charge in [-0.3, -0.25) is 9.59 Å². The number of amides is 2. The molecule has 24 heavy (non-hydrogen) atoms. The van der Waals surface area contributed by atoms with Gasteiger partial charge in [-0.05, 0) is 47.1 Å². The summed E-state index contributed by atoms with van der Waals surface area (Å²) in [6.07, 6.45) is 0. The minimum absolute atomic E-state index is 0. The van der Waals surface area contributed by atoms with Gasteiger partial charge in [0.1, 0.15) is 0 Å². The zero-order chi connectivity index (χ0) is 17.0. The molecule has 6 nitrogen and oxygen atoms in total. The molecule has 8 heteroatoms. The summed E-state index contributed by atoms with van der Waals surface area (Å²) in [4.78, 5) is 26.2. The van der Waals surface area contributed by atoms with Gasteiger partial charge in [-0.15, -0.1) is 12.4 Å². The molecule has 0 unspecified atom stereocenters. The number of benzene rings is 1. The van der Waals surface area contributed by atoms with Gasteiger partial charge in [0.05, 0.1) is 11.3 Å². The second kappa shape index (κ2) is 8.86. The molecule has 0 aliphatic heterocycles. The summed E-state index contributed by atoms with van der Waals surface area (Å²) >= 11 is 3.17. The van der Waals surface area contributed by atoms with Gasteiger partial charge in [0, 0.05) is 19.6 Å². The maximum Gasteiger partial charge on any atom is 0.293 e. The fourth-order valence-electron chi connectivity index (χ4n) is 2.02. The van der Waals surface area contributed by atoms with Crippen molar-refractivity contribution in [3.05, 3.63) is 52.4 Å². The summed E-state index contributed by atoms with van der Waals surface area (Å²) in [5.41, 5.74) is 6.42. The molecule has 2 aromatic rings. The zero-order valence-electron chi connectivity index (χ0n) is 13.3. The Labute approximate surface area is 154 Å². The number of hydrogen-bond acceptors (Lipinski definition) is 4. The van der Waals surface area contributed by atoms with E-state index in [9.17, 15) is 9.59 Å². The maximum absolute atomic E-state index is 12.5. The molecule has 3 N–H and O–H groups in total. The summed E-state index contributed by atoms with van der Waals surface area (Å²) in [5.74, 6) is -0.438. The Morgan fingerprint density at radius 1 is 1.29 bits per heavy atom. The predicted molar refractivity (Wildman–Crippen MR) is 98.8 cm³/mol. The van der Waals surface area contributed by atoms with E-state index in [2.05, 4.69) is 21.2 Å². The summed E-state index contributed by atoms with van der Waals surface area (Å²) in [5, 5.41) is 2.79.